The highest BCUT2D eigenvalue weighted by Gasteiger charge is 2.42. The smallest absolute Gasteiger partial charge is 0.331 e. The van der Waals surface area contributed by atoms with E-state index in [1.54, 1.807) is 12.1 Å². The minimum atomic E-state index is -1.65. The second kappa shape index (κ2) is 11.3. The van der Waals surface area contributed by atoms with Gasteiger partial charge in [-0.3, -0.25) is 4.79 Å². The highest BCUT2D eigenvalue weighted by molar-refractivity contribution is 5.87. The van der Waals surface area contributed by atoms with Crippen LogP contribution in [0.2, 0.25) is 0 Å². The molecule has 11 nitrogen and oxygen atoms in total. The summed E-state index contributed by atoms with van der Waals surface area (Å²) in [4.78, 5) is 24.9. The monoisotopic (exact) mass is 562 g/mol. The summed E-state index contributed by atoms with van der Waals surface area (Å²) in [6.07, 6.45) is -3.49. The largest absolute Gasteiger partial charge is 0.507 e. The molecular weight excluding hydrogens is 536 g/mol. The van der Waals surface area contributed by atoms with Crippen LogP contribution in [0.25, 0.3) is 28.4 Å². The van der Waals surface area contributed by atoms with E-state index in [1.807, 2.05) is 19.1 Å². The minimum absolute atomic E-state index is 0.00835. The summed E-state index contributed by atoms with van der Waals surface area (Å²) in [6.45, 7) is 1.60. The maximum atomic E-state index is 12.7. The van der Waals surface area contributed by atoms with Gasteiger partial charge in [0, 0.05) is 29.8 Å². The van der Waals surface area contributed by atoms with Crippen molar-refractivity contribution < 1.29 is 49.0 Å². The van der Waals surface area contributed by atoms with E-state index in [-0.39, 0.29) is 40.6 Å². The quantitative estimate of drug-likeness (QED) is 0.133. The lowest BCUT2D eigenvalue weighted by molar-refractivity contribution is -0.247. The molecule has 4 unspecified atom stereocenters. The molecule has 1 saturated heterocycles. The maximum Gasteiger partial charge on any atom is 0.331 e. The number of phenols is 3. The number of aryl methyl sites for hydroxylation is 1. The molecule has 0 saturated carbocycles. The van der Waals surface area contributed by atoms with Crippen LogP contribution in [0.1, 0.15) is 11.1 Å². The number of carbonyl (C=O) groups is 1. The van der Waals surface area contributed by atoms with Crippen molar-refractivity contribution in [2.24, 2.45) is 0 Å². The molecule has 0 bridgehead atoms. The van der Waals surface area contributed by atoms with Crippen molar-refractivity contribution in [3.8, 4) is 34.3 Å². The molecule has 1 aliphatic heterocycles. The number of esters is 1. The van der Waals surface area contributed by atoms with Gasteiger partial charge >= 0.3 is 5.97 Å². The van der Waals surface area contributed by atoms with Crippen molar-refractivity contribution in [1.82, 2.24) is 0 Å². The molecule has 3 aromatic carbocycles. The highest BCUT2D eigenvalue weighted by atomic mass is 16.7. The summed E-state index contributed by atoms with van der Waals surface area (Å²) >= 11 is 0. The molecule has 5 N–H and O–H groups in total. The van der Waals surface area contributed by atoms with Gasteiger partial charge in [-0.05, 0) is 30.7 Å². The van der Waals surface area contributed by atoms with Crippen LogP contribution in [0.15, 0.2) is 76.0 Å². The highest BCUT2D eigenvalue weighted by Crippen LogP contribution is 2.33. The summed E-state index contributed by atoms with van der Waals surface area (Å²) in [5.41, 5.74) is 1.67. The number of aromatic hydroxyl groups is 3. The van der Waals surface area contributed by atoms with Gasteiger partial charge in [0.2, 0.25) is 6.29 Å². The molecule has 0 amide bonds. The first-order valence-electron chi connectivity index (χ1n) is 12.5. The van der Waals surface area contributed by atoms with Gasteiger partial charge in [-0.2, -0.15) is 0 Å². The van der Waals surface area contributed by atoms with Gasteiger partial charge in [0.15, 0.2) is 23.0 Å². The summed E-state index contributed by atoms with van der Waals surface area (Å²) < 4.78 is 22.2. The molecule has 0 spiro atoms. The Morgan fingerprint density at radius 1 is 0.927 bits per heavy atom. The van der Waals surface area contributed by atoms with Crippen LogP contribution in [0.4, 0.5) is 0 Å². The normalized spacial score (nSPS) is 20.8. The molecule has 4 atom stereocenters. The molecule has 1 aromatic heterocycles. The van der Waals surface area contributed by atoms with E-state index in [2.05, 4.69) is 0 Å². The third kappa shape index (κ3) is 6.02. The lowest BCUT2D eigenvalue weighted by Crippen LogP contribution is -2.56. The van der Waals surface area contributed by atoms with Gasteiger partial charge in [0.1, 0.15) is 40.4 Å². The fraction of sp³-hybridized carbons (Fsp3) is 0.200. The average Bonchev–Trinajstić information content (AvgIpc) is 2.93. The predicted molar refractivity (Wildman–Crippen MR) is 145 cm³/mol. The van der Waals surface area contributed by atoms with Crippen molar-refractivity contribution in [3.05, 3.63) is 88.1 Å². The first-order valence-corrected chi connectivity index (χ1v) is 12.5. The second-order valence-corrected chi connectivity index (χ2v) is 9.51. The Kier molecular flexibility index (Phi) is 7.66. The number of phenolic OH excluding ortho intramolecular Hbond substituents is 3. The Labute approximate surface area is 232 Å². The van der Waals surface area contributed by atoms with Crippen molar-refractivity contribution >= 4 is 23.0 Å². The van der Waals surface area contributed by atoms with Crippen LogP contribution in [-0.2, 0) is 14.3 Å². The summed E-state index contributed by atoms with van der Waals surface area (Å²) in [6, 6.07) is 15.1. The minimum Gasteiger partial charge on any atom is -0.507 e. The number of aliphatic hydroxyl groups is 2. The average molecular weight is 563 g/mol. The Morgan fingerprint density at radius 3 is 2.41 bits per heavy atom. The van der Waals surface area contributed by atoms with Crippen LogP contribution in [0.5, 0.6) is 23.0 Å². The first kappa shape index (κ1) is 27.7. The van der Waals surface area contributed by atoms with E-state index in [0.717, 1.165) is 17.7 Å². The zero-order valence-corrected chi connectivity index (χ0v) is 21.6. The maximum absolute atomic E-state index is 12.7. The van der Waals surface area contributed by atoms with Gasteiger partial charge in [-0.25, -0.2) is 4.79 Å². The summed E-state index contributed by atoms with van der Waals surface area (Å²) in [5, 5.41) is 50.5. The van der Waals surface area contributed by atoms with E-state index >= 15 is 0 Å². The SMILES string of the molecule is Cc1ccc(-c2cc(=O)c3c(O)cc(OC4OCC(OC(=O)/C=C/c5ccc(O)c(O)c5)C(O)C4O)cc3o2)cc1. The number of aliphatic hydroxyl groups excluding tert-OH is 2. The number of rotatable bonds is 6. The third-order valence-electron chi connectivity index (χ3n) is 6.48. The predicted octanol–water partition coefficient (Wildman–Crippen LogP) is 2.97. The van der Waals surface area contributed by atoms with Gasteiger partial charge in [-0.15, -0.1) is 0 Å². The number of fused-ring (bicyclic) bond motifs is 1. The first-order chi connectivity index (χ1) is 19.6. The van der Waals surface area contributed by atoms with E-state index in [4.69, 9.17) is 18.6 Å². The molecule has 1 aliphatic rings. The molecular formula is C30H26O11. The standard InChI is InChI=1S/C30H26O11/c1-15-2-6-17(7-3-15)23-13-22(34)27-21(33)11-18(12-24(27)40-23)39-30-29(37)28(36)25(14-38-30)41-26(35)9-5-16-4-8-19(31)20(32)10-16/h2-13,25,28-33,36-37H,14H2,1H3/b9-5+. The summed E-state index contributed by atoms with van der Waals surface area (Å²) in [7, 11) is 0. The molecule has 11 heteroatoms. The van der Waals surface area contributed by atoms with Crippen molar-refractivity contribution in [3.63, 3.8) is 0 Å². The number of ether oxygens (including phenoxy) is 3. The molecule has 4 aromatic rings. The van der Waals surface area contributed by atoms with Crippen LogP contribution in [-0.4, -0.2) is 62.7 Å². The number of carbonyl (C=O) groups excluding carboxylic acids is 1. The fourth-order valence-corrected chi connectivity index (χ4v) is 4.28. The summed E-state index contributed by atoms with van der Waals surface area (Å²) in [5.74, 6) is -1.66. The molecule has 0 radical (unpaired) electrons. The fourth-order valence-electron chi connectivity index (χ4n) is 4.28. The van der Waals surface area contributed by atoms with E-state index < -0.39 is 41.7 Å². The van der Waals surface area contributed by atoms with E-state index in [1.165, 1.54) is 36.4 Å². The van der Waals surface area contributed by atoms with Gasteiger partial charge < -0.3 is 44.2 Å². The Morgan fingerprint density at radius 2 is 1.68 bits per heavy atom. The zero-order chi connectivity index (χ0) is 29.3. The van der Waals surface area contributed by atoms with Gasteiger partial charge in [0.25, 0.3) is 0 Å². The van der Waals surface area contributed by atoms with E-state index in [9.17, 15) is 35.1 Å². The van der Waals surface area contributed by atoms with E-state index in [0.29, 0.717) is 11.1 Å². The second-order valence-electron chi connectivity index (χ2n) is 9.51. The van der Waals surface area contributed by atoms with Crippen LogP contribution >= 0.6 is 0 Å². The molecule has 0 aliphatic carbocycles. The number of hydrogen-bond acceptors (Lipinski definition) is 11. The Hall–Kier alpha value is -4.84. The van der Waals surface area contributed by atoms with Gasteiger partial charge in [-0.1, -0.05) is 35.9 Å². The molecule has 5 rings (SSSR count). The zero-order valence-electron chi connectivity index (χ0n) is 21.6. The van der Waals surface area contributed by atoms with Crippen molar-refractivity contribution in [1.29, 1.82) is 0 Å². The Bertz CT molecular complexity index is 1670. The van der Waals surface area contributed by atoms with Crippen LogP contribution in [0, 0.1) is 6.92 Å². The van der Waals surface area contributed by atoms with Crippen molar-refractivity contribution in [2.45, 2.75) is 31.5 Å². The van der Waals surface area contributed by atoms with Crippen LogP contribution in [0.3, 0.4) is 0 Å². The number of benzene rings is 3. The van der Waals surface area contributed by atoms with Gasteiger partial charge in [0.05, 0.1) is 6.61 Å². The van der Waals surface area contributed by atoms with Crippen molar-refractivity contribution in [2.75, 3.05) is 6.61 Å². The molecule has 2 heterocycles. The lowest BCUT2D eigenvalue weighted by Gasteiger charge is -2.36. The lowest BCUT2D eigenvalue weighted by atomic mass is 10.1. The Balaban J connectivity index is 1.28. The topological polar surface area (TPSA) is 176 Å². The third-order valence-corrected chi connectivity index (χ3v) is 6.48. The molecule has 41 heavy (non-hydrogen) atoms. The molecule has 1 fully saturated rings. The molecule has 212 valence electrons. The number of hydrogen-bond donors (Lipinski definition) is 5. The van der Waals surface area contributed by atoms with Crippen LogP contribution < -0.4 is 10.2 Å².